The number of hydrogen-bond donors (Lipinski definition) is 0. The van der Waals surface area contributed by atoms with E-state index < -0.39 is 0 Å². The number of hydrogen-bond acceptors (Lipinski definition) is 3. The summed E-state index contributed by atoms with van der Waals surface area (Å²) in [6.07, 6.45) is 1.51. The van der Waals surface area contributed by atoms with Gasteiger partial charge < -0.3 is 9.47 Å². The summed E-state index contributed by atoms with van der Waals surface area (Å²) in [6, 6.07) is 0. The maximum atomic E-state index is 10.9. The lowest BCUT2D eigenvalue weighted by molar-refractivity contribution is -0.151. The summed E-state index contributed by atoms with van der Waals surface area (Å²) in [5.41, 5.74) is 0. The molecule has 0 fully saturated rings. The summed E-state index contributed by atoms with van der Waals surface area (Å²) in [5, 5.41) is 0. The van der Waals surface area contributed by atoms with E-state index in [4.69, 9.17) is 9.47 Å². The van der Waals surface area contributed by atoms with Gasteiger partial charge in [0.2, 0.25) is 0 Å². The minimum atomic E-state index is -0.166. The van der Waals surface area contributed by atoms with Gasteiger partial charge in [-0.1, -0.05) is 13.8 Å². The molecule has 0 N–H and O–H groups in total. The molecule has 0 aliphatic heterocycles. The van der Waals surface area contributed by atoms with Crippen LogP contribution in [0.1, 0.15) is 40.5 Å². The second-order valence-corrected chi connectivity index (χ2v) is 3.21. The Labute approximate surface area is 80.4 Å². The lowest BCUT2D eigenvalue weighted by Gasteiger charge is -2.16. The number of ether oxygens (including phenoxy) is 2. The van der Waals surface area contributed by atoms with Crippen LogP contribution < -0.4 is 0 Å². The molecule has 0 bridgehead atoms. The molecule has 2 atom stereocenters. The summed E-state index contributed by atoms with van der Waals surface area (Å²) < 4.78 is 10.5. The van der Waals surface area contributed by atoms with Crippen molar-refractivity contribution in [3.63, 3.8) is 0 Å². The topological polar surface area (TPSA) is 35.5 Å². The van der Waals surface area contributed by atoms with Crippen molar-refractivity contribution in [1.82, 2.24) is 0 Å². The monoisotopic (exact) mass is 188 g/mol. The van der Waals surface area contributed by atoms with Crippen LogP contribution in [0.2, 0.25) is 0 Å². The predicted octanol–water partition coefficient (Wildman–Crippen LogP) is 2.14. The third kappa shape index (κ3) is 6.58. The van der Waals surface area contributed by atoms with Crippen molar-refractivity contribution in [3.8, 4) is 0 Å². The quantitative estimate of drug-likeness (QED) is 0.599. The van der Waals surface area contributed by atoms with Gasteiger partial charge in [0.1, 0.15) is 6.10 Å². The van der Waals surface area contributed by atoms with Crippen molar-refractivity contribution in [2.45, 2.75) is 52.7 Å². The van der Waals surface area contributed by atoms with Crippen molar-refractivity contribution in [3.05, 3.63) is 0 Å². The van der Waals surface area contributed by atoms with Gasteiger partial charge in [-0.3, -0.25) is 4.79 Å². The first-order valence-corrected chi connectivity index (χ1v) is 4.91. The van der Waals surface area contributed by atoms with Crippen LogP contribution in [0.3, 0.4) is 0 Å². The van der Waals surface area contributed by atoms with Gasteiger partial charge in [0.05, 0.1) is 12.7 Å². The van der Waals surface area contributed by atoms with Crippen molar-refractivity contribution < 1.29 is 14.3 Å². The first-order valence-electron chi connectivity index (χ1n) is 4.91. The zero-order chi connectivity index (χ0) is 10.3. The molecule has 3 nitrogen and oxygen atoms in total. The minimum absolute atomic E-state index is 0.138. The molecule has 13 heavy (non-hydrogen) atoms. The molecule has 0 unspecified atom stereocenters. The molecule has 0 aromatic rings. The highest BCUT2D eigenvalue weighted by molar-refractivity contribution is 5.69. The van der Waals surface area contributed by atoms with E-state index in [0.717, 1.165) is 6.42 Å². The number of esters is 1. The molecule has 0 aromatic carbocycles. The lowest BCUT2D eigenvalue weighted by Crippen LogP contribution is -2.22. The zero-order valence-corrected chi connectivity index (χ0v) is 9.00. The fourth-order valence-electron chi connectivity index (χ4n) is 0.759. The number of carbonyl (C=O) groups excluding carboxylic acids is 1. The van der Waals surface area contributed by atoms with Crippen LogP contribution in [0.15, 0.2) is 0 Å². The average molecular weight is 188 g/mol. The smallest absolute Gasteiger partial charge is 0.305 e. The van der Waals surface area contributed by atoms with Gasteiger partial charge in [-0.05, 0) is 20.3 Å². The summed E-state index contributed by atoms with van der Waals surface area (Å²) in [6.45, 7) is 8.18. The minimum Gasteiger partial charge on any atom is -0.460 e. The molecular formula is C10H20O3. The second kappa shape index (κ2) is 6.89. The highest BCUT2D eigenvalue weighted by atomic mass is 16.6. The molecular weight excluding hydrogens is 168 g/mol. The summed E-state index contributed by atoms with van der Waals surface area (Å²) in [4.78, 5) is 10.9. The first-order chi connectivity index (χ1) is 6.10. The van der Waals surface area contributed by atoms with Crippen molar-refractivity contribution >= 4 is 5.97 Å². The Bertz CT molecular complexity index is 145. The third-order valence-electron chi connectivity index (χ3n) is 1.81. The average Bonchev–Trinajstić information content (AvgIpc) is 2.13. The summed E-state index contributed by atoms with van der Waals surface area (Å²) in [5.74, 6) is -0.166. The van der Waals surface area contributed by atoms with Crippen molar-refractivity contribution in [2.75, 3.05) is 6.61 Å². The zero-order valence-electron chi connectivity index (χ0n) is 9.00. The van der Waals surface area contributed by atoms with Crippen LogP contribution in [-0.4, -0.2) is 24.8 Å². The summed E-state index contributed by atoms with van der Waals surface area (Å²) in [7, 11) is 0. The Morgan fingerprint density at radius 2 is 1.85 bits per heavy atom. The maximum absolute atomic E-state index is 10.9. The van der Waals surface area contributed by atoms with E-state index in [2.05, 4.69) is 6.92 Å². The van der Waals surface area contributed by atoms with Gasteiger partial charge in [-0.2, -0.15) is 0 Å². The molecule has 0 spiro atoms. The van der Waals surface area contributed by atoms with E-state index >= 15 is 0 Å². The predicted molar refractivity (Wildman–Crippen MR) is 51.6 cm³/mol. The van der Waals surface area contributed by atoms with Gasteiger partial charge >= 0.3 is 5.97 Å². The van der Waals surface area contributed by atoms with Crippen LogP contribution in [-0.2, 0) is 14.3 Å². The molecule has 0 rings (SSSR count). The second-order valence-electron chi connectivity index (χ2n) is 3.21. The highest BCUT2D eigenvalue weighted by Gasteiger charge is 2.08. The molecule has 0 amide bonds. The normalized spacial score (nSPS) is 15.1. The number of carbonyl (C=O) groups is 1. The van der Waals surface area contributed by atoms with Gasteiger partial charge in [0.25, 0.3) is 0 Å². The lowest BCUT2D eigenvalue weighted by atomic mass is 10.3. The van der Waals surface area contributed by atoms with E-state index in [0.29, 0.717) is 13.0 Å². The molecule has 0 aromatic heterocycles. The molecule has 0 saturated carbocycles. The molecule has 3 heteroatoms. The molecule has 0 aliphatic carbocycles. The van der Waals surface area contributed by atoms with Gasteiger partial charge in [-0.15, -0.1) is 0 Å². The highest BCUT2D eigenvalue weighted by Crippen LogP contribution is 2.00. The first kappa shape index (κ1) is 12.4. The summed E-state index contributed by atoms with van der Waals surface area (Å²) >= 11 is 0. The molecule has 0 heterocycles. The van der Waals surface area contributed by atoms with Crippen LogP contribution in [0.4, 0.5) is 0 Å². The Kier molecular flexibility index (Phi) is 6.59. The maximum Gasteiger partial charge on any atom is 0.305 e. The van der Waals surface area contributed by atoms with E-state index in [-0.39, 0.29) is 18.2 Å². The van der Waals surface area contributed by atoms with E-state index in [1.54, 1.807) is 6.92 Å². The van der Waals surface area contributed by atoms with Crippen LogP contribution in [0.25, 0.3) is 0 Å². The Balaban J connectivity index is 3.50. The Morgan fingerprint density at radius 1 is 1.23 bits per heavy atom. The van der Waals surface area contributed by atoms with Crippen LogP contribution in [0, 0.1) is 0 Å². The third-order valence-corrected chi connectivity index (χ3v) is 1.81. The van der Waals surface area contributed by atoms with Gasteiger partial charge in [0, 0.05) is 6.42 Å². The molecule has 0 radical (unpaired) electrons. The van der Waals surface area contributed by atoms with Gasteiger partial charge in [-0.25, -0.2) is 0 Å². The fraction of sp³-hybridized carbons (Fsp3) is 0.900. The van der Waals surface area contributed by atoms with Crippen molar-refractivity contribution in [1.29, 1.82) is 0 Å². The molecule has 0 aliphatic rings. The van der Waals surface area contributed by atoms with Crippen molar-refractivity contribution in [2.24, 2.45) is 0 Å². The Morgan fingerprint density at radius 3 is 2.31 bits per heavy atom. The number of rotatable bonds is 6. The standard InChI is InChI=1S/C10H20O3/c1-5-8(3)12-7-9(4)13-10(11)6-2/h8-9H,5-7H2,1-4H3/t8-,9+/m0/s1. The van der Waals surface area contributed by atoms with E-state index in [9.17, 15) is 4.79 Å². The fourth-order valence-corrected chi connectivity index (χ4v) is 0.759. The SMILES string of the molecule is CCC(=O)O[C@H](C)CO[C@@H](C)CC. The molecule has 78 valence electrons. The van der Waals surface area contributed by atoms with Crippen LogP contribution >= 0.6 is 0 Å². The largest absolute Gasteiger partial charge is 0.460 e. The Hall–Kier alpha value is -0.570. The van der Waals surface area contributed by atoms with Crippen LogP contribution in [0.5, 0.6) is 0 Å². The van der Waals surface area contributed by atoms with E-state index in [1.807, 2.05) is 13.8 Å². The van der Waals surface area contributed by atoms with Gasteiger partial charge in [0.15, 0.2) is 0 Å². The molecule has 0 saturated heterocycles. The van der Waals surface area contributed by atoms with E-state index in [1.165, 1.54) is 0 Å².